The summed E-state index contributed by atoms with van der Waals surface area (Å²) in [6.45, 7) is 4.69. The molecule has 0 fully saturated rings. The molecule has 0 spiro atoms. The lowest BCUT2D eigenvalue weighted by molar-refractivity contribution is -0.128. The molecule has 0 radical (unpaired) electrons. The predicted octanol–water partition coefficient (Wildman–Crippen LogP) is 2.23. The first kappa shape index (κ1) is 14.6. The number of carbonyl (C=O) groups excluding carboxylic acids is 1. The number of nitrogens with zero attached hydrogens (tertiary/aromatic N) is 2. The van der Waals surface area contributed by atoms with Gasteiger partial charge in [0.1, 0.15) is 0 Å². The van der Waals surface area contributed by atoms with Crippen LogP contribution in [-0.4, -0.2) is 36.0 Å². The maximum absolute atomic E-state index is 11.7. The number of aryl methyl sites for hydroxylation is 1. The van der Waals surface area contributed by atoms with Gasteiger partial charge in [-0.1, -0.05) is 19.1 Å². The first-order valence-electron chi connectivity index (χ1n) is 7.11. The predicted molar refractivity (Wildman–Crippen MR) is 82.6 cm³/mol. The Kier molecular flexibility index (Phi) is 4.79. The number of benzene rings is 1. The molecule has 0 aliphatic rings. The third-order valence-electron chi connectivity index (χ3n) is 3.53. The zero-order valence-corrected chi connectivity index (χ0v) is 12.5. The van der Waals surface area contributed by atoms with Crippen LogP contribution in [0.15, 0.2) is 30.5 Å². The largest absolute Gasteiger partial charge is 0.349 e. The van der Waals surface area contributed by atoms with E-state index in [1.807, 2.05) is 0 Å². The summed E-state index contributed by atoms with van der Waals surface area (Å²) < 4.78 is 2.16. The Bertz CT molecular complexity index is 586. The average Bonchev–Trinajstić information content (AvgIpc) is 2.86. The van der Waals surface area contributed by atoms with Gasteiger partial charge in [-0.3, -0.25) is 4.79 Å². The summed E-state index contributed by atoms with van der Waals surface area (Å²) in [5.74, 6) is 0.163. The molecule has 1 heterocycles. The first-order valence-corrected chi connectivity index (χ1v) is 7.11. The van der Waals surface area contributed by atoms with E-state index in [-0.39, 0.29) is 5.91 Å². The number of nitrogens with one attached hydrogen (secondary N) is 1. The Morgan fingerprint density at radius 2 is 2.10 bits per heavy atom. The van der Waals surface area contributed by atoms with Crippen LogP contribution < -0.4 is 5.32 Å². The monoisotopic (exact) mass is 273 g/mol. The highest BCUT2D eigenvalue weighted by Crippen LogP contribution is 2.20. The van der Waals surface area contributed by atoms with Crippen molar-refractivity contribution in [1.29, 1.82) is 0 Å². The number of fused-ring (bicyclic) bond motifs is 1. The number of carbonyl (C=O) groups is 1. The summed E-state index contributed by atoms with van der Waals surface area (Å²) in [7, 11) is 3.59. The SMILES string of the molecule is CCNCc1cccc2c1ccn2CCC(=O)N(C)C. The molecule has 0 unspecified atom stereocenters. The van der Waals surface area contributed by atoms with Gasteiger partial charge in [-0.05, 0) is 24.2 Å². The van der Waals surface area contributed by atoms with Crippen molar-refractivity contribution >= 4 is 16.8 Å². The third-order valence-corrected chi connectivity index (χ3v) is 3.53. The van der Waals surface area contributed by atoms with E-state index >= 15 is 0 Å². The van der Waals surface area contributed by atoms with Gasteiger partial charge in [-0.2, -0.15) is 0 Å². The lowest BCUT2D eigenvalue weighted by atomic mass is 10.1. The van der Waals surface area contributed by atoms with Crippen LogP contribution in [0.25, 0.3) is 10.9 Å². The third kappa shape index (κ3) is 3.20. The molecule has 2 rings (SSSR count). The molecule has 0 atom stereocenters. The van der Waals surface area contributed by atoms with E-state index in [4.69, 9.17) is 0 Å². The summed E-state index contributed by atoms with van der Waals surface area (Å²) in [5.41, 5.74) is 2.51. The van der Waals surface area contributed by atoms with Crippen LogP contribution in [-0.2, 0) is 17.9 Å². The normalized spacial score (nSPS) is 10.9. The van der Waals surface area contributed by atoms with Crippen LogP contribution in [0.5, 0.6) is 0 Å². The fourth-order valence-electron chi connectivity index (χ4n) is 2.34. The zero-order chi connectivity index (χ0) is 14.5. The second kappa shape index (κ2) is 6.57. The smallest absolute Gasteiger partial charge is 0.223 e. The summed E-state index contributed by atoms with van der Waals surface area (Å²) in [4.78, 5) is 13.3. The van der Waals surface area contributed by atoms with Crippen LogP contribution in [0.4, 0.5) is 0 Å². The molecule has 0 aliphatic heterocycles. The van der Waals surface area contributed by atoms with Gasteiger partial charge in [0.05, 0.1) is 0 Å². The van der Waals surface area contributed by atoms with E-state index in [0.717, 1.165) is 19.6 Å². The Morgan fingerprint density at radius 3 is 2.80 bits per heavy atom. The van der Waals surface area contributed by atoms with Crippen LogP contribution in [0.2, 0.25) is 0 Å². The van der Waals surface area contributed by atoms with E-state index in [1.165, 1.54) is 16.5 Å². The fourth-order valence-corrected chi connectivity index (χ4v) is 2.34. The Morgan fingerprint density at radius 1 is 1.30 bits per heavy atom. The summed E-state index contributed by atoms with van der Waals surface area (Å²) in [5, 5.41) is 4.63. The molecule has 4 heteroatoms. The molecule has 0 saturated heterocycles. The van der Waals surface area contributed by atoms with Gasteiger partial charge in [-0.25, -0.2) is 0 Å². The van der Waals surface area contributed by atoms with E-state index in [1.54, 1.807) is 19.0 Å². The Labute approximate surface area is 120 Å². The van der Waals surface area contributed by atoms with Crippen molar-refractivity contribution in [1.82, 2.24) is 14.8 Å². The molecular formula is C16H23N3O. The quantitative estimate of drug-likeness (QED) is 0.876. The van der Waals surface area contributed by atoms with Gasteiger partial charge in [0.15, 0.2) is 0 Å². The first-order chi connectivity index (χ1) is 9.63. The minimum absolute atomic E-state index is 0.163. The number of aromatic nitrogens is 1. The lowest BCUT2D eigenvalue weighted by Crippen LogP contribution is -2.22. The summed E-state index contributed by atoms with van der Waals surface area (Å²) in [6.07, 6.45) is 2.61. The van der Waals surface area contributed by atoms with Gasteiger partial charge >= 0.3 is 0 Å². The molecular weight excluding hydrogens is 250 g/mol. The number of amides is 1. The van der Waals surface area contributed by atoms with Crippen molar-refractivity contribution in [3.63, 3.8) is 0 Å². The highest BCUT2D eigenvalue weighted by molar-refractivity contribution is 5.84. The highest BCUT2D eigenvalue weighted by atomic mass is 16.2. The Balaban J connectivity index is 2.17. The highest BCUT2D eigenvalue weighted by Gasteiger charge is 2.08. The van der Waals surface area contributed by atoms with E-state index in [9.17, 15) is 4.79 Å². The van der Waals surface area contributed by atoms with Crippen molar-refractivity contribution in [2.75, 3.05) is 20.6 Å². The van der Waals surface area contributed by atoms with Gasteiger partial charge in [-0.15, -0.1) is 0 Å². The molecule has 1 aromatic heterocycles. The summed E-state index contributed by atoms with van der Waals surface area (Å²) in [6, 6.07) is 8.49. The lowest BCUT2D eigenvalue weighted by Gasteiger charge is -2.11. The number of rotatable bonds is 6. The van der Waals surface area contributed by atoms with Crippen molar-refractivity contribution in [2.24, 2.45) is 0 Å². The molecule has 1 amide bonds. The zero-order valence-electron chi connectivity index (χ0n) is 12.5. The number of hydrogen-bond acceptors (Lipinski definition) is 2. The van der Waals surface area contributed by atoms with Crippen LogP contribution in [0, 0.1) is 0 Å². The molecule has 1 N–H and O–H groups in total. The minimum Gasteiger partial charge on any atom is -0.349 e. The molecule has 0 bridgehead atoms. The van der Waals surface area contributed by atoms with Crippen molar-refractivity contribution < 1.29 is 4.79 Å². The van der Waals surface area contributed by atoms with Gasteiger partial charge in [0.25, 0.3) is 0 Å². The molecule has 4 nitrogen and oxygen atoms in total. The second-order valence-corrected chi connectivity index (χ2v) is 5.18. The average molecular weight is 273 g/mol. The molecule has 108 valence electrons. The summed E-state index contributed by atoms with van der Waals surface area (Å²) >= 11 is 0. The standard InChI is InChI=1S/C16H23N3O/c1-4-17-12-13-6-5-7-15-14(13)8-10-19(15)11-9-16(20)18(2)3/h5-8,10,17H,4,9,11-12H2,1-3H3. The van der Waals surface area contributed by atoms with Crippen LogP contribution in [0.1, 0.15) is 18.9 Å². The van der Waals surface area contributed by atoms with E-state index < -0.39 is 0 Å². The molecule has 1 aromatic carbocycles. The van der Waals surface area contributed by atoms with Gasteiger partial charge < -0.3 is 14.8 Å². The van der Waals surface area contributed by atoms with Crippen LogP contribution >= 0.6 is 0 Å². The van der Waals surface area contributed by atoms with Gasteiger partial charge in [0.2, 0.25) is 5.91 Å². The maximum atomic E-state index is 11.7. The van der Waals surface area contributed by atoms with Crippen molar-refractivity contribution in [3.05, 3.63) is 36.0 Å². The maximum Gasteiger partial charge on any atom is 0.223 e. The van der Waals surface area contributed by atoms with Crippen molar-refractivity contribution in [2.45, 2.75) is 26.4 Å². The molecule has 20 heavy (non-hydrogen) atoms. The Hall–Kier alpha value is -1.81. The van der Waals surface area contributed by atoms with E-state index in [2.05, 4.69) is 47.3 Å². The van der Waals surface area contributed by atoms with Crippen LogP contribution in [0.3, 0.4) is 0 Å². The fraction of sp³-hybridized carbons (Fsp3) is 0.438. The topological polar surface area (TPSA) is 37.3 Å². The number of hydrogen-bond donors (Lipinski definition) is 1. The second-order valence-electron chi connectivity index (χ2n) is 5.18. The molecule has 0 saturated carbocycles. The molecule has 0 aliphatic carbocycles. The molecule has 2 aromatic rings. The van der Waals surface area contributed by atoms with Crippen molar-refractivity contribution in [3.8, 4) is 0 Å². The minimum atomic E-state index is 0.163. The van der Waals surface area contributed by atoms with Gasteiger partial charge in [0, 0.05) is 50.7 Å². The van der Waals surface area contributed by atoms with E-state index in [0.29, 0.717) is 6.42 Å².